The van der Waals surface area contributed by atoms with E-state index in [1.807, 2.05) is 0 Å². The number of hydrogen-bond acceptors (Lipinski definition) is 2. The van der Waals surface area contributed by atoms with E-state index in [2.05, 4.69) is 59.6 Å². The van der Waals surface area contributed by atoms with Crippen LogP contribution >= 0.6 is 0 Å². The summed E-state index contributed by atoms with van der Waals surface area (Å²) in [6.07, 6.45) is 2.51. The van der Waals surface area contributed by atoms with E-state index in [1.54, 1.807) is 0 Å². The van der Waals surface area contributed by atoms with Crippen molar-refractivity contribution in [2.75, 3.05) is 19.6 Å². The van der Waals surface area contributed by atoms with Gasteiger partial charge in [-0.3, -0.25) is 4.90 Å². The van der Waals surface area contributed by atoms with Gasteiger partial charge in [0, 0.05) is 19.1 Å². The van der Waals surface area contributed by atoms with Crippen molar-refractivity contribution in [2.45, 2.75) is 32.4 Å². The van der Waals surface area contributed by atoms with Crippen LogP contribution in [0.25, 0.3) is 10.8 Å². The van der Waals surface area contributed by atoms with E-state index in [9.17, 15) is 0 Å². The summed E-state index contributed by atoms with van der Waals surface area (Å²) in [7, 11) is 0. The number of benzene rings is 2. The zero-order valence-corrected chi connectivity index (χ0v) is 12.3. The molecule has 2 aromatic rings. The lowest BCUT2D eigenvalue weighted by atomic mass is 10.0. The van der Waals surface area contributed by atoms with Crippen LogP contribution in [0.4, 0.5) is 0 Å². The number of nitrogens with one attached hydrogen (secondary N) is 1. The van der Waals surface area contributed by atoms with Crippen molar-refractivity contribution >= 4 is 10.8 Å². The normalized spacial score (nSPS) is 19.0. The van der Waals surface area contributed by atoms with Crippen LogP contribution < -0.4 is 5.32 Å². The van der Waals surface area contributed by atoms with E-state index in [0.717, 1.165) is 13.1 Å². The van der Waals surface area contributed by atoms with Crippen LogP contribution in [0.3, 0.4) is 0 Å². The summed E-state index contributed by atoms with van der Waals surface area (Å²) in [6, 6.07) is 16.1. The van der Waals surface area contributed by atoms with Crippen molar-refractivity contribution in [1.29, 1.82) is 0 Å². The molecule has 1 aliphatic rings. The maximum absolute atomic E-state index is 3.49. The van der Waals surface area contributed by atoms with E-state index in [1.165, 1.54) is 42.3 Å². The summed E-state index contributed by atoms with van der Waals surface area (Å²) in [4.78, 5) is 2.65. The highest BCUT2D eigenvalue weighted by atomic mass is 15.2. The van der Waals surface area contributed by atoms with Crippen LogP contribution in [0.1, 0.15) is 25.3 Å². The maximum Gasteiger partial charge on any atom is 0.0243 e. The summed E-state index contributed by atoms with van der Waals surface area (Å²) in [5.74, 6) is 0. The minimum atomic E-state index is 0.703. The van der Waals surface area contributed by atoms with E-state index < -0.39 is 0 Å². The van der Waals surface area contributed by atoms with Gasteiger partial charge in [-0.15, -0.1) is 0 Å². The quantitative estimate of drug-likeness (QED) is 0.894. The zero-order chi connectivity index (χ0) is 13.8. The molecule has 0 radical (unpaired) electrons. The van der Waals surface area contributed by atoms with Gasteiger partial charge in [0.05, 0.1) is 0 Å². The molecule has 0 aromatic heterocycles. The molecule has 0 saturated carbocycles. The highest BCUT2D eigenvalue weighted by Gasteiger charge is 2.22. The summed E-state index contributed by atoms with van der Waals surface area (Å²) < 4.78 is 0. The van der Waals surface area contributed by atoms with Gasteiger partial charge < -0.3 is 5.32 Å². The van der Waals surface area contributed by atoms with Gasteiger partial charge in [-0.25, -0.2) is 0 Å². The second-order valence-electron chi connectivity index (χ2n) is 5.76. The van der Waals surface area contributed by atoms with Crippen molar-refractivity contribution in [3.8, 4) is 0 Å². The monoisotopic (exact) mass is 268 g/mol. The topological polar surface area (TPSA) is 15.3 Å². The first kappa shape index (κ1) is 13.6. The molecule has 1 heterocycles. The van der Waals surface area contributed by atoms with Crippen LogP contribution in [-0.4, -0.2) is 30.6 Å². The van der Waals surface area contributed by atoms with Gasteiger partial charge in [0.1, 0.15) is 0 Å². The fraction of sp³-hybridized carbons (Fsp3) is 0.444. The molecule has 0 bridgehead atoms. The lowest BCUT2D eigenvalue weighted by Gasteiger charge is -2.28. The van der Waals surface area contributed by atoms with E-state index in [4.69, 9.17) is 0 Å². The molecule has 1 aliphatic heterocycles. The van der Waals surface area contributed by atoms with Gasteiger partial charge >= 0.3 is 0 Å². The average Bonchev–Trinajstić information content (AvgIpc) is 3.01. The summed E-state index contributed by atoms with van der Waals surface area (Å²) >= 11 is 0. The third-order valence-corrected chi connectivity index (χ3v) is 4.31. The molecule has 0 aliphatic carbocycles. The second kappa shape index (κ2) is 6.38. The first-order chi connectivity index (χ1) is 9.88. The van der Waals surface area contributed by atoms with Gasteiger partial charge in [-0.05, 0) is 42.3 Å². The molecule has 2 nitrogen and oxygen atoms in total. The molecule has 1 saturated heterocycles. The molecule has 2 heteroatoms. The minimum absolute atomic E-state index is 0.703. The molecule has 1 fully saturated rings. The largest absolute Gasteiger partial charge is 0.315 e. The van der Waals surface area contributed by atoms with E-state index in [0.29, 0.717) is 6.04 Å². The minimum Gasteiger partial charge on any atom is -0.315 e. The van der Waals surface area contributed by atoms with E-state index >= 15 is 0 Å². The van der Waals surface area contributed by atoms with Crippen molar-refractivity contribution in [2.24, 2.45) is 0 Å². The standard InChI is InChI=1S/C18H24N2/c1-2-12-20(17-10-11-19-13-17)14-16-8-5-7-15-6-3-4-9-18(15)16/h3-9,17,19H,2,10-14H2,1H3. The van der Waals surface area contributed by atoms with Gasteiger partial charge in [-0.2, -0.15) is 0 Å². The molecule has 3 rings (SSSR count). The van der Waals surface area contributed by atoms with Crippen molar-refractivity contribution in [3.63, 3.8) is 0 Å². The third-order valence-electron chi connectivity index (χ3n) is 4.31. The van der Waals surface area contributed by atoms with Crippen LogP contribution in [0.2, 0.25) is 0 Å². The highest BCUT2D eigenvalue weighted by molar-refractivity contribution is 5.85. The fourth-order valence-electron chi connectivity index (χ4n) is 3.28. The molecular weight excluding hydrogens is 244 g/mol. The first-order valence-corrected chi connectivity index (χ1v) is 7.80. The number of hydrogen-bond donors (Lipinski definition) is 1. The Balaban J connectivity index is 1.86. The first-order valence-electron chi connectivity index (χ1n) is 7.80. The van der Waals surface area contributed by atoms with Crippen LogP contribution in [0.5, 0.6) is 0 Å². The smallest absolute Gasteiger partial charge is 0.0243 e. The van der Waals surface area contributed by atoms with Gasteiger partial charge in [0.2, 0.25) is 0 Å². The summed E-state index contributed by atoms with van der Waals surface area (Å²) in [5, 5.41) is 6.25. The summed E-state index contributed by atoms with van der Waals surface area (Å²) in [5.41, 5.74) is 1.46. The maximum atomic E-state index is 3.49. The predicted molar refractivity (Wildman–Crippen MR) is 85.9 cm³/mol. The lowest BCUT2D eigenvalue weighted by molar-refractivity contribution is 0.200. The Hall–Kier alpha value is -1.38. The molecule has 1 N–H and O–H groups in total. The van der Waals surface area contributed by atoms with Gasteiger partial charge in [0.25, 0.3) is 0 Å². The number of nitrogens with zero attached hydrogens (tertiary/aromatic N) is 1. The van der Waals surface area contributed by atoms with Gasteiger partial charge in [0.15, 0.2) is 0 Å². The Morgan fingerprint density at radius 3 is 2.80 bits per heavy atom. The molecule has 1 unspecified atom stereocenters. The molecule has 0 amide bonds. The Bertz CT molecular complexity index is 553. The average molecular weight is 268 g/mol. The van der Waals surface area contributed by atoms with Crippen LogP contribution in [0.15, 0.2) is 42.5 Å². The second-order valence-corrected chi connectivity index (χ2v) is 5.76. The molecule has 2 aromatic carbocycles. The molecule has 1 atom stereocenters. The zero-order valence-electron chi connectivity index (χ0n) is 12.3. The van der Waals surface area contributed by atoms with E-state index in [-0.39, 0.29) is 0 Å². The predicted octanol–water partition coefficient (Wildman–Crippen LogP) is 3.41. The fourth-order valence-corrected chi connectivity index (χ4v) is 3.28. The Morgan fingerprint density at radius 2 is 2.00 bits per heavy atom. The number of rotatable bonds is 5. The molecule has 106 valence electrons. The number of fused-ring (bicyclic) bond motifs is 1. The van der Waals surface area contributed by atoms with Crippen molar-refractivity contribution in [3.05, 3.63) is 48.0 Å². The Morgan fingerprint density at radius 1 is 1.15 bits per heavy atom. The molecule has 0 spiro atoms. The molecule has 20 heavy (non-hydrogen) atoms. The SMILES string of the molecule is CCCN(Cc1cccc2ccccc12)C1CCNC1. The Labute approximate surface area is 121 Å². The third kappa shape index (κ3) is 2.87. The van der Waals surface area contributed by atoms with Gasteiger partial charge in [-0.1, -0.05) is 49.4 Å². The van der Waals surface area contributed by atoms with Crippen molar-refractivity contribution in [1.82, 2.24) is 10.2 Å². The highest BCUT2D eigenvalue weighted by Crippen LogP contribution is 2.22. The van der Waals surface area contributed by atoms with Crippen molar-refractivity contribution < 1.29 is 0 Å². The van der Waals surface area contributed by atoms with Crippen LogP contribution in [-0.2, 0) is 6.54 Å². The Kier molecular flexibility index (Phi) is 4.34. The van der Waals surface area contributed by atoms with Crippen LogP contribution in [0, 0.1) is 0 Å². The molecular formula is C18H24N2. The summed E-state index contributed by atoms with van der Waals surface area (Å²) in [6.45, 7) is 6.85. The lowest BCUT2D eigenvalue weighted by Crippen LogP contribution is -2.36.